The molecule has 1 saturated carbocycles. The number of carbonyl (C=O) groups is 2. The molecule has 0 aromatic carbocycles. The molecule has 0 bridgehead atoms. The number of alkyl halides is 2. The largest absolute Gasteiger partial charge is 0.433 e. The van der Waals surface area contributed by atoms with Gasteiger partial charge in [0.15, 0.2) is 5.60 Å². The van der Waals surface area contributed by atoms with Crippen LogP contribution in [0.4, 0.5) is 13.6 Å². The number of rotatable bonds is 4. The van der Waals surface area contributed by atoms with Crippen LogP contribution in [0.2, 0.25) is 0 Å². The molecule has 104 valence electrons. The van der Waals surface area contributed by atoms with Crippen LogP contribution in [-0.4, -0.2) is 36.1 Å². The normalized spacial score (nSPS) is 17.2. The van der Waals surface area contributed by atoms with Crippen molar-refractivity contribution < 1.29 is 23.1 Å². The van der Waals surface area contributed by atoms with Crippen LogP contribution >= 0.6 is 0 Å². The first-order valence-electron chi connectivity index (χ1n) is 5.72. The summed E-state index contributed by atoms with van der Waals surface area (Å²) in [5.74, 6) is -0.660. The van der Waals surface area contributed by atoms with Gasteiger partial charge in [-0.05, 0) is 20.8 Å². The smallest absolute Gasteiger partial charge is 0.408 e. The topological polar surface area (TPSA) is 67.4 Å². The molecule has 0 aliphatic heterocycles. The van der Waals surface area contributed by atoms with Crippen molar-refractivity contribution in [1.29, 1.82) is 0 Å². The zero-order valence-corrected chi connectivity index (χ0v) is 10.7. The summed E-state index contributed by atoms with van der Waals surface area (Å²) >= 11 is 0. The monoisotopic (exact) mass is 264 g/mol. The highest BCUT2D eigenvalue weighted by molar-refractivity contribution is 5.90. The molecule has 5 nitrogen and oxygen atoms in total. The van der Waals surface area contributed by atoms with Gasteiger partial charge in [0.2, 0.25) is 0 Å². The van der Waals surface area contributed by atoms with E-state index >= 15 is 0 Å². The van der Waals surface area contributed by atoms with Gasteiger partial charge in [-0.1, -0.05) is 0 Å². The van der Waals surface area contributed by atoms with E-state index < -0.39 is 36.1 Å². The van der Waals surface area contributed by atoms with E-state index in [-0.39, 0.29) is 0 Å². The highest BCUT2D eigenvalue weighted by Crippen LogP contribution is 2.40. The summed E-state index contributed by atoms with van der Waals surface area (Å²) in [6.45, 7) is 4.57. The summed E-state index contributed by atoms with van der Waals surface area (Å²) < 4.78 is 28.9. The van der Waals surface area contributed by atoms with Crippen LogP contribution in [0.25, 0.3) is 0 Å². The summed E-state index contributed by atoms with van der Waals surface area (Å²) in [6.07, 6.45) is -2.61. The molecule has 1 aliphatic rings. The molecule has 7 heteroatoms. The van der Waals surface area contributed by atoms with E-state index in [9.17, 15) is 18.4 Å². The van der Waals surface area contributed by atoms with Crippen molar-refractivity contribution in [3.8, 4) is 0 Å². The molecule has 1 fully saturated rings. The highest BCUT2D eigenvalue weighted by atomic mass is 19.3. The first kappa shape index (κ1) is 14.7. The van der Waals surface area contributed by atoms with Crippen LogP contribution in [0.1, 0.15) is 33.6 Å². The lowest BCUT2D eigenvalue weighted by Gasteiger charge is -2.23. The average Bonchev–Trinajstić information content (AvgIpc) is 2.91. The van der Waals surface area contributed by atoms with Gasteiger partial charge in [-0.2, -0.15) is 0 Å². The molecule has 1 aliphatic carbocycles. The van der Waals surface area contributed by atoms with Gasteiger partial charge >= 0.3 is 6.09 Å². The Morgan fingerprint density at radius 3 is 2.28 bits per heavy atom. The molecule has 2 N–H and O–H groups in total. The molecular weight excluding hydrogens is 246 g/mol. The summed E-state index contributed by atoms with van der Waals surface area (Å²) in [5.41, 5.74) is -1.74. The third-order valence-corrected chi connectivity index (χ3v) is 2.30. The van der Waals surface area contributed by atoms with Crippen molar-refractivity contribution in [3.63, 3.8) is 0 Å². The standard InChI is InChI=1S/C11H18F2N2O3/c1-10(2,3)15-9(17)18-11(4-5-11)8(16)14-6-7(12)13/h7H,4-6H2,1-3H3,(H,14,16)(H,15,17). The number of carbonyl (C=O) groups excluding carboxylic acids is 2. The Balaban J connectivity index is 2.45. The van der Waals surface area contributed by atoms with E-state index in [1.807, 2.05) is 0 Å². The van der Waals surface area contributed by atoms with E-state index in [1.54, 1.807) is 20.8 Å². The SMILES string of the molecule is CC(C)(C)NC(=O)OC1(C(=O)NCC(F)F)CC1. The van der Waals surface area contributed by atoms with Crippen molar-refractivity contribution in [1.82, 2.24) is 10.6 Å². The summed E-state index contributed by atoms with van der Waals surface area (Å²) in [6, 6.07) is 0. The minimum Gasteiger partial charge on any atom is -0.433 e. The zero-order chi connectivity index (χ0) is 14.0. The quantitative estimate of drug-likeness (QED) is 0.807. The maximum absolute atomic E-state index is 12.0. The van der Waals surface area contributed by atoms with Crippen LogP contribution < -0.4 is 10.6 Å². The number of hydrogen-bond acceptors (Lipinski definition) is 3. The van der Waals surface area contributed by atoms with Crippen molar-refractivity contribution in [2.24, 2.45) is 0 Å². The fraction of sp³-hybridized carbons (Fsp3) is 0.818. The van der Waals surface area contributed by atoms with E-state index in [0.29, 0.717) is 12.8 Å². The van der Waals surface area contributed by atoms with E-state index in [1.165, 1.54) is 0 Å². The maximum atomic E-state index is 12.0. The lowest BCUT2D eigenvalue weighted by atomic mass is 10.1. The predicted molar refractivity (Wildman–Crippen MR) is 60.3 cm³/mol. The predicted octanol–water partition coefficient (Wildman–Crippen LogP) is 1.42. The number of amides is 2. The molecule has 0 aromatic rings. The van der Waals surface area contributed by atoms with E-state index in [2.05, 4.69) is 10.6 Å². The van der Waals surface area contributed by atoms with Crippen molar-refractivity contribution in [2.75, 3.05) is 6.54 Å². The van der Waals surface area contributed by atoms with Gasteiger partial charge in [0.05, 0.1) is 6.54 Å². The van der Waals surface area contributed by atoms with Gasteiger partial charge in [0.1, 0.15) is 0 Å². The molecule has 0 atom stereocenters. The van der Waals surface area contributed by atoms with Crippen LogP contribution in [0.5, 0.6) is 0 Å². The van der Waals surface area contributed by atoms with Crippen molar-refractivity contribution in [2.45, 2.75) is 51.2 Å². The molecule has 0 unspecified atom stereocenters. The molecule has 1 rings (SSSR count). The molecule has 18 heavy (non-hydrogen) atoms. The summed E-state index contributed by atoms with van der Waals surface area (Å²) in [5, 5.41) is 4.60. The van der Waals surface area contributed by atoms with Gasteiger partial charge in [0.25, 0.3) is 12.3 Å². The van der Waals surface area contributed by atoms with Crippen LogP contribution in [-0.2, 0) is 9.53 Å². The molecule has 0 saturated heterocycles. The Morgan fingerprint density at radius 1 is 1.33 bits per heavy atom. The number of halogens is 2. The minimum absolute atomic E-state index is 0.361. The number of alkyl carbamates (subject to hydrolysis) is 1. The molecule has 0 heterocycles. The third kappa shape index (κ3) is 4.46. The molecule has 0 aromatic heterocycles. The Labute approximate surface area is 104 Å². The number of hydrogen-bond donors (Lipinski definition) is 2. The molecule has 0 spiro atoms. The second-order valence-electron chi connectivity index (χ2n) is 5.36. The van der Waals surface area contributed by atoms with Crippen molar-refractivity contribution >= 4 is 12.0 Å². The number of nitrogens with one attached hydrogen (secondary N) is 2. The van der Waals surface area contributed by atoms with Crippen LogP contribution in [0.3, 0.4) is 0 Å². The molecule has 0 radical (unpaired) electrons. The highest BCUT2D eigenvalue weighted by Gasteiger charge is 2.54. The Morgan fingerprint density at radius 2 is 1.89 bits per heavy atom. The first-order chi connectivity index (χ1) is 8.15. The van der Waals surface area contributed by atoms with Crippen LogP contribution in [0, 0.1) is 0 Å². The average molecular weight is 264 g/mol. The number of ether oxygens (including phenoxy) is 1. The van der Waals surface area contributed by atoms with Gasteiger partial charge in [-0.3, -0.25) is 4.79 Å². The van der Waals surface area contributed by atoms with Gasteiger partial charge in [0, 0.05) is 18.4 Å². The summed E-state index contributed by atoms with van der Waals surface area (Å²) in [4.78, 5) is 23.1. The Hall–Kier alpha value is -1.40. The first-order valence-corrected chi connectivity index (χ1v) is 5.72. The van der Waals surface area contributed by atoms with Crippen molar-refractivity contribution in [3.05, 3.63) is 0 Å². The van der Waals surface area contributed by atoms with Gasteiger partial charge < -0.3 is 15.4 Å². The fourth-order valence-corrected chi connectivity index (χ4v) is 1.33. The van der Waals surface area contributed by atoms with E-state index in [0.717, 1.165) is 0 Å². The minimum atomic E-state index is -2.62. The molecular formula is C11H18F2N2O3. The third-order valence-electron chi connectivity index (χ3n) is 2.30. The Kier molecular flexibility index (Phi) is 4.13. The lowest BCUT2D eigenvalue weighted by Crippen LogP contribution is -2.47. The maximum Gasteiger partial charge on any atom is 0.408 e. The zero-order valence-electron chi connectivity index (χ0n) is 10.7. The molecule has 2 amide bonds. The van der Waals surface area contributed by atoms with Gasteiger partial charge in [-0.15, -0.1) is 0 Å². The van der Waals surface area contributed by atoms with Crippen LogP contribution in [0.15, 0.2) is 0 Å². The summed E-state index contributed by atoms with van der Waals surface area (Å²) in [7, 11) is 0. The van der Waals surface area contributed by atoms with Gasteiger partial charge in [-0.25, -0.2) is 13.6 Å². The second kappa shape index (κ2) is 5.07. The van der Waals surface area contributed by atoms with E-state index in [4.69, 9.17) is 4.74 Å². The Bertz CT molecular complexity index is 336. The fourth-order valence-electron chi connectivity index (χ4n) is 1.33. The second-order valence-corrected chi connectivity index (χ2v) is 5.36. The lowest BCUT2D eigenvalue weighted by molar-refractivity contribution is -0.132.